The molecule has 1 aliphatic rings. The van der Waals surface area contributed by atoms with E-state index in [1.165, 1.54) is 18.2 Å². The second-order valence-electron chi connectivity index (χ2n) is 4.77. The lowest BCUT2D eigenvalue weighted by molar-refractivity contribution is -0.0583. The lowest BCUT2D eigenvalue weighted by Crippen LogP contribution is -2.32. The molecule has 23 heavy (non-hydrogen) atoms. The van der Waals surface area contributed by atoms with Crippen LogP contribution in [0.15, 0.2) is 42.5 Å². The molecular formula is C15H7N3O4S. The fraction of sp³-hybridized carbons (Fsp3) is 0. The van der Waals surface area contributed by atoms with Gasteiger partial charge in [-0.05, 0) is 24.3 Å². The first kappa shape index (κ1) is 13.5. The van der Waals surface area contributed by atoms with Gasteiger partial charge in [-0.1, -0.05) is 23.3 Å². The van der Waals surface area contributed by atoms with Crippen molar-refractivity contribution in [2.45, 2.75) is 0 Å². The zero-order valence-electron chi connectivity index (χ0n) is 11.4. The molecule has 2 aromatic carbocycles. The van der Waals surface area contributed by atoms with Crippen LogP contribution >= 0.6 is 11.7 Å². The summed E-state index contributed by atoms with van der Waals surface area (Å²) in [5.41, 5.74) is 1.48. The summed E-state index contributed by atoms with van der Waals surface area (Å²) in [6, 6.07) is 11.1. The van der Waals surface area contributed by atoms with Crippen LogP contribution < -0.4 is 0 Å². The molecule has 0 atom stereocenters. The lowest BCUT2D eigenvalue weighted by atomic mass is 10.1. The zero-order valence-corrected chi connectivity index (χ0v) is 12.2. The van der Waals surface area contributed by atoms with Gasteiger partial charge in [0.25, 0.3) is 11.8 Å². The van der Waals surface area contributed by atoms with Gasteiger partial charge in [0.1, 0.15) is 11.0 Å². The van der Waals surface area contributed by atoms with E-state index < -0.39 is 17.8 Å². The minimum absolute atomic E-state index is 0.146. The van der Waals surface area contributed by atoms with Crippen molar-refractivity contribution in [3.05, 3.63) is 59.2 Å². The Morgan fingerprint density at radius 2 is 1.65 bits per heavy atom. The first-order valence-electron chi connectivity index (χ1n) is 6.58. The molecule has 2 amide bonds. The number of benzene rings is 2. The number of carbonyl (C=O) groups is 3. The zero-order chi connectivity index (χ0) is 16.0. The molecule has 0 fully saturated rings. The molecule has 1 aliphatic heterocycles. The van der Waals surface area contributed by atoms with Gasteiger partial charge < -0.3 is 4.84 Å². The third kappa shape index (κ3) is 2.00. The Morgan fingerprint density at radius 3 is 2.35 bits per heavy atom. The molecule has 2 heterocycles. The van der Waals surface area contributed by atoms with Gasteiger partial charge >= 0.3 is 5.97 Å². The third-order valence-corrected chi connectivity index (χ3v) is 3.98. The number of hydrogen-bond donors (Lipinski definition) is 0. The minimum Gasteiger partial charge on any atom is -0.324 e. The topological polar surface area (TPSA) is 89.5 Å². The van der Waals surface area contributed by atoms with Gasteiger partial charge in [0, 0.05) is 0 Å². The summed E-state index contributed by atoms with van der Waals surface area (Å²) in [6.45, 7) is 0. The number of imide groups is 1. The van der Waals surface area contributed by atoms with Crippen LogP contribution in [0.4, 0.5) is 0 Å². The Balaban J connectivity index is 1.67. The smallest absolute Gasteiger partial charge is 0.324 e. The standard InChI is InChI=1S/C15H7N3O4S/c19-13-8-4-1-2-5-9(8)14(20)18(13)22-15(21)10-6-3-7-11-12(10)17-23-16-11/h1-7H. The first-order chi connectivity index (χ1) is 11.2. The second-order valence-corrected chi connectivity index (χ2v) is 5.29. The maximum Gasteiger partial charge on any atom is 0.366 e. The summed E-state index contributed by atoms with van der Waals surface area (Å²) in [7, 11) is 0. The highest BCUT2D eigenvalue weighted by Crippen LogP contribution is 2.24. The maximum atomic E-state index is 12.3. The molecule has 1 aromatic heterocycles. The fourth-order valence-corrected chi connectivity index (χ4v) is 2.90. The van der Waals surface area contributed by atoms with Crippen molar-refractivity contribution >= 4 is 40.5 Å². The van der Waals surface area contributed by atoms with Gasteiger partial charge in [-0.25, -0.2) is 4.79 Å². The fourth-order valence-electron chi connectivity index (χ4n) is 2.35. The highest BCUT2D eigenvalue weighted by Gasteiger charge is 2.39. The van der Waals surface area contributed by atoms with E-state index in [9.17, 15) is 14.4 Å². The van der Waals surface area contributed by atoms with Crippen molar-refractivity contribution in [2.75, 3.05) is 0 Å². The Labute approximate surface area is 133 Å². The van der Waals surface area contributed by atoms with Crippen molar-refractivity contribution in [1.29, 1.82) is 0 Å². The van der Waals surface area contributed by atoms with Crippen molar-refractivity contribution < 1.29 is 19.2 Å². The number of carbonyl (C=O) groups excluding carboxylic acids is 3. The summed E-state index contributed by atoms with van der Waals surface area (Å²) < 4.78 is 8.06. The summed E-state index contributed by atoms with van der Waals surface area (Å²) in [4.78, 5) is 41.7. The normalized spacial score (nSPS) is 13.5. The second kappa shape index (κ2) is 4.96. The molecule has 3 aromatic rings. The van der Waals surface area contributed by atoms with E-state index in [1.807, 2.05) is 0 Å². The maximum absolute atomic E-state index is 12.3. The number of amides is 2. The number of rotatable bonds is 2. The van der Waals surface area contributed by atoms with Crippen LogP contribution in [0.1, 0.15) is 31.1 Å². The summed E-state index contributed by atoms with van der Waals surface area (Å²) >= 11 is 0.963. The van der Waals surface area contributed by atoms with Gasteiger partial charge in [-0.15, -0.1) is 0 Å². The van der Waals surface area contributed by atoms with Crippen LogP contribution in [0, 0.1) is 0 Å². The Morgan fingerprint density at radius 1 is 0.957 bits per heavy atom. The number of aromatic nitrogens is 2. The Bertz CT molecular complexity index is 947. The molecule has 0 N–H and O–H groups in total. The number of hydrogen-bond acceptors (Lipinski definition) is 7. The SMILES string of the molecule is O=C(ON1C(=O)c2ccccc2C1=O)c1cccc2nsnc12. The monoisotopic (exact) mass is 325 g/mol. The molecule has 0 spiro atoms. The van der Waals surface area contributed by atoms with Crippen molar-refractivity contribution in [3.8, 4) is 0 Å². The molecule has 0 unspecified atom stereocenters. The molecule has 7 nitrogen and oxygen atoms in total. The molecule has 0 saturated carbocycles. The van der Waals surface area contributed by atoms with Crippen molar-refractivity contribution in [1.82, 2.24) is 13.8 Å². The highest BCUT2D eigenvalue weighted by molar-refractivity contribution is 7.00. The van der Waals surface area contributed by atoms with Gasteiger partial charge in [0.2, 0.25) is 0 Å². The molecule has 0 saturated heterocycles. The van der Waals surface area contributed by atoms with Crippen LogP contribution in [0.25, 0.3) is 11.0 Å². The predicted molar refractivity (Wildman–Crippen MR) is 79.8 cm³/mol. The number of fused-ring (bicyclic) bond motifs is 2. The average Bonchev–Trinajstić information content (AvgIpc) is 3.14. The highest BCUT2D eigenvalue weighted by atomic mass is 32.1. The summed E-state index contributed by atoms with van der Waals surface area (Å²) in [5, 5.41) is 0.478. The molecule has 0 aliphatic carbocycles. The van der Waals surface area contributed by atoms with Gasteiger partial charge in [-0.3, -0.25) is 9.59 Å². The quantitative estimate of drug-likeness (QED) is 0.670. The van der Waals surface area contributed by atoms with E-state index in [2.05, 4.69) is 8.75 Å². The van der Waals surface area contributed by atoms with E-state index in [1.54, 1.807) is 24.3 Å². The number of nitrogens with zero attached hydrogens (tertiary/aromatic N) is 3. The molecule has 0 bridgehead atoms. The molecule has 0 radical (unpaired) electrons. The van der Waals surface area contributed by atoms with Crippen molar-refractivity contribution in [3.63, 3.8) is 0 Å². The third-order valence-electron chi connectivity index (χ3n) is 3.44. The Hall–Kier alpha value is -3.13. The molecule has 8 heteroatoms. The molecule has 112 valence electrons. The van der Waals surface area contributed by atoms with E-state index in [-0.39, 0.29) is 16.7 Å². The van der Waals surface area contributed by atoms with Crippen molar-refractivity contribution in [2.24, 2.45) is 0 Å². The molecular weight excluding hydrogens is 318 g/mol. The lowest BCUT2D eigenvalue weighted by Gasteiger charge is -2.12. The summed E-state index contributed by atoms with van der Waals surface area (Å²) in [6.07, 6.45) is 0. The van der Waals surface area contributed by atoms with E-state index >= 15 is 0 Å². The predicted octanol–water partition coefficient (Wildman–Crippen LogP) is 2.06. The first-order valence-corrected chi connectivity index (χ1v) is 7.31. The van der Waals surface area contributed by atoms with E-state index in [0.717, 1.165) is 11.7 Å². The average molecular weight is 325 g/mol. The van der Waals surface area contributed by atoms with Gasteiger partial charge in [0.15, 0.2) is 0 Å². The van der Waals surface area contributed by atoms with Crippen LogP contribution in [-0.4, -0.2) is 31.6 Å². The van der Waals surface area contributed by atoms with Crippen LogP contribution in [0.2, 0.25) is 0 Å². The van der Waals surface area contributed by atoms with Crippen LogP contribution in [0.3, 0.4) is 0 Å². The van der Waals surface area contributed by atoms with Crippen LogP contribution in [0.5, 0.6) is 0 Å². The summed E-state index contributed by atoms with van der Waals surface area (Å²) in [5.74, 6) is -2.16. The van der Waals surface area contributed by atoms with Gasteiger partial charge in [-0.2, -0.15) is 8.75 Å². The van der Waals surface area contributed by atoms with E-state index in [4.69, 9.17) is 4.84 Å². The number of hydroxylamine groups is 2. The van der Waals surface area contributed by atoms with E-state index in [0.29, 0.717) is 16.1 Å². The largest absolute Gasteiger partial charge is 0.366 e. The molecule has 4 rings (SSSR count). The minimum atomic E-state index is -0.835. The van der Waals surface area contributed by atoms with Crippen LogP contribution in [-0.2, 0) is 4.84 Å². The Kier molecular flexibility index (Phi) is 2.91. The van der Waals surface area contributed by atoms with Gasteiger partial charge in [0.05, 0.1) is 28.4 Å².